The molecule has 1 aliphatic heterocycles. The largest absolute Gasteiger partial charge is 0.444 e. The van der Waals surface area contributed by atoms with Crippen molar-refractivity contribution in [2.24, 2.45) is 0 Å². The fourth-order valence-electron chi connectivity index (χ4n) is 2.52. The molecule has 0 bridgehead atoms. The van der Waals surface area contributed by atoms with E-state index in [1.54, 1.807) is 11.8 Å². The van der Waals surface area contributed by atoms with Crippen LogP contribution in [0, 0.1) is 0 Å². The van der Waals surface area contributed by atoms with Crippen LogP contribution in [-0.4, -0.2) is 78.5 Å². The molecule has 0 aliphatic carbocycles. The number of hydrogen-bond acceptors (Lipinski definition) is 5. The summed E-state index contributed by atoms with van der Waals surface area (Å²) in [5.74, 6) is 0. The van der Waals surface area contributed by atoms with Crippen LogP contribution in [-0.2, 0) is 4.74 Å². The number of hydrogen-bond donors (Lipinski definition) is 2. The number of carbonyl (C=O) groups is 1. The van der Waals surface area contributed by atoms with Gasteiger partial charge in [-0.25, -0.2) is 4.79 Å². The number of nitrogens with zero attached hydrogens (tertiary/aromatic N) is 2. The van der Waals surface area contributed by atoms with Gasteiger partial charge in [0.1, 0.15) is 5.60 Å². The highest BCUT2D eigenvalue weighted by Gasteiger charge is 2.23. The summed E-state index contributed by atoms with van der Waals surface area (Å²) in [5.41, 5.74) is -0.518. The molecule has 22 heavy (non-hydrogen) atoms. The Labute approximate surface area is 134 Å². The van der Waals surface area contributed by atoms with E-state index in [9.17, 15) is 9.90 Å². The van der Waals surface area contributed by atoms with Gasteiger partial charge < -0.3 is 25.0 Å². The Morgan fingerprint density at radius 2 is 2.00 bits per heavy atom. The topological polar surface area (TPSA) is 65.0 Å². The predicted molar refractivity (Wildman–Crippen MR) is 88.0 cm³/mol. The van der Waals surface area contributed by atoms with Crippen molar-refractivity contribution in [3.63, 3.8) is 0 Å². The van der Waals surface area contributed by atoms with E-state index in [4.69, 9.17) is 4.74 Å². The average molecular weight is 315 g/mol. The van der Waals surface area contributed by atoms with E-state index in [2.05, 4.69) is 17.3 Å². The highest BCUT2D eigenvalue weighted by Crippen LogP contribution is 2.11. The first kappa shape index (κ1) is 19.2. The molecule has 1 atom stereocenters. The Morgan fingerprint density at radius 1 is 1.41 bits per heavy atom. The van der Waals surface area contributed by atoms with Gasteiger partial charge >= 0.3 is 6.09 Å². The first-order valence-corrected chi connectivity index (χ1v) is 8.25. The van der Waals surface area contributed by atoms with E-state index in [-0.39, 0.29) is 6.09 Å². The van der Waals surface area contributed by atoms with Crippen LogP contribution in [0.15, 0.2) is 0 Å². The number of carbonyl (C=O) groups excluding carboxylic acids is 1. The zero-order chi connectivity index (χ0) is 16.8. The number of rotatable bonds is 6. The summed E-state index contributed by atoms with van der Waals surface area (Å²) in [6.45, 7) is 11.0. The molecule has 1 saturated heterocycles. The number of ether oxygens (including phenoxy) is 1. The van der Waals surface area contributed by atoms with Crippen molar-refractivity contribution in [3.8, 4) is 0 Å². The lowest BCUT2D eigenvalue weighted by Gasteiger charge is -2.31. The highest BCUT2D eigenvalue weighted by atomic mass is 16.6. The molecule has 130 valence electrons. The zero-order valence-corrected chi connectivity index (χ0v) is 14.8. The monoisotopic (exact) mass is 315 g/mol. The van der Waals surface area contributed by atoms with Gasteiger partial charge in [-0.1, -0.05) is 0 Å². The number of nitrogens with one attached hydrogen (secondary N) is 1. The molecule has 1 aliphatic rings. The highest BCUT2D eigenvalue weighted by molar-refractivity contribution is 5.68. The summed E-state index contributed by atoms with van der Waals surface area (Å²) >= 11 is 0. The van der Waals surface area contributed by atoms with Gasteiger partial charge in [0.2, 0.25) is 0 Å². The van der Waals surface area contributed by atoms with Gasteiger partial charge in [-0.2, -0.15) is 0 Å². The number of aliphatic hydroxyl groups excluding tert-OH is 1. The zero-order valence-electron chi connectivity index (χ0n) is 14.8. The second-order valence-electron chi connectivity index (χ2n) is 7.31. The van der Waals surface area contributed by atoms with Crippen molar-refractivity contribution in [1.82, 2.24) is 15.1 Å². The molecular weight excluding hydrogens is 282 g/mol. The molecule has 2 N–H and O–H groups in total. The number of amides is 1. The Hall–Kier alpha value is -0.850. The summed E-state index contributed by atoms with van der Waals surface area (Å²) in [4.78, 5) is 16.1. The Bertz CT molecular complexity index is 334. The van der Waals surface area contributed by atoms with Crippen molar-refractivity contribution in [2.75, 3.05) is 39.8 Å². The maximum Gasteiger partial charge on any atom is 0.410 e. The SMILES string of the molecule is CC(O)CN(CCNC1CCN(C)CC1)C(=O)OC(C)(C)C. The van der Waals surface area contributed by atoms with E-state index < -0.39 is 11.7 Å². The molecule has 1 amide bonds. The van der Waals surface area contributed by atoms with E-state index in [1.165, 1.54) is 0 Å². The summed E-state index contributed by atoms with van der Waals surface area (Å²) in [6.07, 6.45) is 1.35. The summed E-state index contributed by atoms with van der Waals surface area (Å²) in [6, 6.07) is 0.517. The van der Waals surface area contributed by atoms with Crippen LogP contribution < -0.4 is 5.32 Å². The quantitative estimate of drug-likeness (QED) is 0.773. The van der Waals surface area contributed by atoms with Crippen LogP contribution in [0.1, 0.15) is 40.5 Å². The lowest BCUT2D eigenvalue weighted by Crippen LogP contribution is -2.46. The van der Waals surface area contributed by atoms with Crippen LogP contribution in [0.5, 0.6) is 0 Å². The lowest BCUT2D eigenvalue weighted by molar-refractivity contribution is 0.0162. The normalized spacial score (nSPS) is 19.0. The molecule has 6 nitrogen and oxygen atoms in total. The molecule has 0 saturated carbocycles. The van der Waals surface area contributed by atoms with Gasteiger partial charge in [0.25, 0.3) is 0 Å². The molecule has 1 rings (SSSR count). The standard InChI is InChI=1S/C16H33N3O3/c1-13(20)12-19(15(21)22-16(2,3)4)11-8-17-14-6-9-18(5)10-7-14/h13-14,17,20H,6-12H2,1-5H3. The molecule has 0 spiro atoms. The van der Waals surface area contributed by atoms with Gasteiger partial charge in [-0.15, -0.1) is 0 Å². The van der Waals surface area contributed by atoms with E-state index >= 15 is 0 Å². The third kappa shape index (κ3) is 7.96. The Balaban J connectivity index is 2.39. The van der Waals surface area contributed by atoms with Crippen LogP contribution in [0.4, 0.5) is 4.79 Å². The van der Waals surface area contributed by atoms with Crippen LogP contribution >= 0.6 is 0 Å². The number of piperidine rings is 1. The second kappa shape index (κ2) is 8.70. The van der Waals surface area contributed by atoms with Gasteiger partial charge in [-0.3, -0.25) is 0 Å². The number of aliphatic hydroxyl groups is 1. The van der Waals surface area contributed by atoms with Crippen molar-refractivity contribution >= 4 is 6.09 Å². The Kier molecular flexibility index (Phi) is 7.59. The smallest absolute Gasteiger partial charge is 0.410 e. The van der Waals surface area contributed by atoms with Crippen molar-refractivity contribution in [3.05, 3.63) is 0 Å². The molecule has 1 fully saturated rings. The summed E-state index contributed by atoms with van der Waals surface area (Å²) < 4.78 is 5.40. The molecule has 6 heteroatoms. The minimum atomic E-state index is -0.559. The van der Waals surface area contributed by atoms with Crippen LogP contribution in [0.3, 0.4) is 0 Å². The van der Waals surface area contributed by atoms with E-state index in [0.717, 1.165) is 32.5 Å². The fraction of sp³-hybridized carbons (Fsp3) is 0.938. The fourth-order valence-corrected chi connectivity index (χ4v) is 2.52. The first-order valence-electron chi connectivity index (χ1n) is 8.25. The number of likely N-dealkylation sites (tertiary alicyclic amines) is 1. The van der Waals surface area contributed by atoms with Crippen LogP contribution in [0.25, 0.3) is 0 Å². The maximum atomic E-state index is 12.2. The van der Waals surface area contributed by atoms with E-state index in [1.807, 2.05) is 20.8 Å². The van der Waals surface area contributed by atoms with Gasteiger partial charge in [0, 0.05) is 25.7 Å². The van der Waals surface area contributed by atoms with Crippen molar-refractivity contribution in [1.29, 1.82) is 0 Å². The average Bonchev–Trinajstić information content (AvgIpc) is 2.37. The second-order valence-corrected chi connectivity index (χ2v) is 7.31. The van der Waals surface area contributed by atoms with Gasteiger partial charge in [-0.05, 0) is 60.7 Å². The summed E-state index contributed by atoms with van der Waals surface area (Å²) in [5, 5.41) is 13.1. The molecule has 0 radical (unpaired) electrons. The van der Waals surface area contributed by atoms with E-state index in [0.29, 0.717) is 19.1 Å². The molecule has 1 unspecified atom stereocenters. The molecule has 0 aromatic carbocycles. The van der Waals surface area contributed by atoms with Crippen LogP contribution in [0.2, 0.25) is 0 Å². The molecule has 0 aromatic heterocycles. The van der Waals surface area contributed by atoms with Gasteiger partial charge in [0.05, 0.1) is 6.10 Å². The van der Waals surface area contributed by atoms with Crippen molar-refractivity contribution in [2.45, 2.75) is 58.3 Å². The lowest BCUT2D eigenvalue weighted by atomic mass is 10.1. The molecular formula is C16H33N3O3. The predicted octanol–water partition coefficient (Wildman–Crippen LogP) is 1.29. The maximum absolute atomic E-state index is 12.2. The summed E-state index contributed by atoms with van der Waals surface area (Å²) in [7, 11) is 2.14. The first-order chi connectivity index (χ1) is 10.2. The Morgan fingerprint density at radius 3 is 2.50 bits per heavy atom. The molecule has 1 heterocycles. The molecule has 0 aromatic rings. The third-order valence-electron chi connectivity index (χ3n) is 3.67. The van der Waals surface area contributed by atoms with Gasteiger partial charge in [0.15, 0.2) is 0 Å². The third-order valence-corrected chi connectivity index (χ3v) is 3.67. The van der Waals surface area contributed by atoms with Crippen molar-refractivity contribution < 1.29 is 14.6 Å². The minimum Gasteiger partial charge on any atom is -0.444 e. The minimum absolute atomic E-state index is 0.296.